The number of ether oxygens (including phenoxy) is 1. The van der Waals surface area contributed by atoms with Crippen LogP contribution in [0, 0.1) is 0 Å². The summed E-state index contributed by atoms with van der Waals surface area (Å²) >= 11 is 0. The first-order chi connectivity index (χ1) is 5.33. The summed E-state index contributed by atoms with van der Waals surface area (Å²) in [5.74, 6) is -0.375. The molecule has 66 valence electrons. The quantitative estimate of drug-likeness (QED) is 0.557. The number of carbonyl (C=O) groups is 1. The first-order valence-electron chi connectivity index (χ1n) is 3.07. The molecule has 0 aromatic carbocycles. The molecule has 0 aliphatic carbocycles. The molecule has 0 aliphatic rings. The maximum Gasteiger partial charge on any atom is 0.330 e. The first-order valence-corrected chi connectivity index (χ1v) is 3.07. The van der Waals surface area contributed by atoms with E-state index in [9.17, 15) is 4.79 Å². The third-order valence-corrected chi connectivity index (χ3v) is 1.12. The molecule has 0 bridgehead atoms. The van der Waals surface area contributed by atoms with Gasteiger partial charge in [-0.15, -0.1) is 12.4 Å². The number of halogens is 1. The summed E-state index contributed by atoms with van der Waals surface area (Å²) in [6.07, 6.45) is 6.07. The molecule has 0 aliphatic heterocycles. The summed E-state index contributed by atoms with van der Waals surface area (Å²) in [5.41, 5.74) is 0.774. The zero-order chi connectivity index (χ0) is 8.10. The lowest BCUT2D eigenvalue weighted by atomic mass is 10.4. The van der Waals surface area contributed by atoms with Crippen LogP contribution < -0.4 is 0 Å². The average Bonchev–Trinajstić information content (AvgIpc) is 2.52. The van der Waals surface area contributed by atoms with Crippen LogP contribution in [-0.2, 0) is 9.53 Å². The van der Waals surface area contributed by atoms with Crippen molar-refractivity contribution >= 4 is 24.5 Å². The lowest BCUT2D eigenvalue weighted by molar-refractivity contribution is -0.134. The number of H-pyrrole nitrogens is 1. The number of carbonyl (C=O) groups excluding carboxylic acids is 1. The molecule has 0 fully saturated rings. The van der Waals surface area contributed by atoms with Crippen molar-refractivity contribution in [2.45, 2.75) is 0 Å². The van der Waals surface area contributed by atoms with Crippen molar-refractivity contribution in [2.24, 2.45) is 0 Å². The van der Waals surface area contributed by atoms with E-state index >= 15 is 0 Å². The minimum atomic E-state index is -0.375. The molecule has 1 N–H and O–H groups in total. The molecule has 12 heavy (non-hydrogen) atoms. The van der Waals surface area contributed by atoms with Crippen LogP contribution in [0.4, 0.5) is 0 Å². The van der Waals surface area contributed by atoms with E-state index in [4.69, 9.17) is 0 Å². The average molecular weight is 189 g/mol. The van der Waals surface area contributed by atoms with E-state index in [0.717, 1.165) is 5.69 Å². The highest BCUT2D eigenvalue weighted by Gasteiger charge is 1.90. The molecule has 1 aromatic rings. The van der Waals surface area contributed by atoms with Crippen molar-refractivity contribution in [3.8, 4) is 0 Å². The van der Waals surface area contributed by atoms with Gasteiger partial charge in [-0.2, -0.15) is 0 Å². The van der Waals surface area contributed by atoms with Crippen molar-refractivity contribution in [3.05, 3.63) is 24.3 Å². The normalized spacial score (nSPS) is 9.42. The Hall–Kier alpha value is -1.29. The first kappa shape index (κ1) is 10.7. The van der Waals surface area contributed by atoms with Crippen molar-refractivity contribution in [1.29, 1.82) is 0 Å². The second kappa shape index (κ2) is 5.37. The van der Waals surface area contributed by atoms with Crippen molar-refractivity contribution in [2.75, 3.05) is 7.11 Å². The minimum absolute atomic E-state index is 0. The number of hydrogen-bond acceptors (Lipinski definition) is 3. The molecule has 0 spiro atoms. The number of rotatable bonds is 2. The fraction of sp³-hybridized carbons (Fsp3) is 0.143. The number of aromatic nitrogens is 2. The van der Waals surface area contributed by atoms with E-state index in [1.54, 1.807) is 12.3 Å². The predicted molar refractivity (Wildman–Crippen MR) is 46.9 cm³/mol. The number of esters is 1. The van der Waals surface area contributed by atoms with E-state index in [1.807, 2.05) is 0 Å². The summed E-state index contributed by atoms with van der Waals surface area (Å²) in [6, 6.07) is 0. The number of imidazole rings is 1. The van der Waals surface area contributed by atoms with Gasteiger partial charge >= 0.3 is 5.97 Å². The van der Waals surface area contributed by atoms with Gasteiger partial charge in [0.25, 0.3) is 0 Å². The van der Waals surface area contributed by atoms with E-state index in [-0.39, 0.29) is 18.4 Å². The zero-order valence-electron chi connectivity index (χ0n) is 6.48. The van der Waals surface area contributed by atoms with Crippen molar-refractivity contribution in [3.63, 3.8) is 0 Å². The molecule has 1 heterocycles. The summed E-state index contributed by atoms with van der Waals surface area (Å²) < 4.78 is 4.39. The summed E-state index contributed by atoms with van der Waals surface area (Å²) in [6.45, 7) is 0. The minimum Gasteiger partial charge on any atom is -0.466 e. The Labute approximate surface area is 76.1 Å². The third-order valence-electron chi connectivity index (χ3n) is 1.12. The van der Waals surface area contributed by atoms with Crippen LogP contribution in [0.2, 0.25) is 0 Å². The topological polar surface area (TPSA) is 55.0 Å². The molecule has 0 amide bonds. The van der Waals surface area contributed by atoms with Crippen LogP contribution in [0.25, 0.3) is 6.08 Å². The molecule has 0 radical (unpaired) electrons. The van der Waals surface area contributed by atoms with Gasteiger partial charge in [-0.25, -0.2) is 9.78 Å². The monoisotopic (exact) mass is 188 g/mol. The van der Waals surface area contributed by atoms with Gasteiger partial charge in [-0.1, -0.05) is 0 Å². The molecule has 1 aromatic heterocycles. The molecule has 4 nitrogen and oxygen atoms in total. The molecule has 5 heteroatoms. The maximum atomic E-state index is 10.6. The Balaban J connectivity index is 0.00000121. The Bertz CT molecular complexity index is 256. The molecule has 0 saturated heterocycles. The second-order valence-corrected chi connectivity index (χ2v) is 1.86. The van der Waals surface area contributed by atoms with Crippen LogP contribution in [0.5, 0.6) is 0 Å². The highest BCUT2D eigenvalue weighted by molar-refractivity contribution is 5.86. The molecule has 1 rings (SSSR count). The van der Waals surface area contributed by atoms with E-state index in [1.165, 1.54) is 19.5 Å². The van der Waals surface area contributed by atoms with E-state index < -0.39 is 0 Å². The van der Waals surface area contributed by atoms with Crippen molar-refractivity contribution < 1.29 is 9.53 Å². The van der Waals surface area contributed by atoms with Crippen LogP contribution in [0.15, 0.2) is 18.6 Å². The number of nitrogens with zero attached hydrogens (tertiary/aromatic N) is 1. The number of aromatic amines is 1. The molecule has 0 unspecified atom stereocenters. The van der Waals surface area contributed by atoms with Crippen LogP contribution >= 0.6 is 12.4 Å². The highest BCUT2D eigenvalue weighted by Crippen LogP contribution is 1.93. The highest BCUT2D eigenvalue weighted by atomic mass is 35.5. The van der Waals surface area contributed by atoms with E-state index in [0.29, 0.717) is 0 Å². The lowest BCUT2D eigenvalue weighted by Crippen LogP contribution is -1.93. The fourth-order valence-electron chi connectivity index (χ4n) is 0.584. The Kier molecular flexibility index (Phi) is 4.79. The number of nitrogens with one attached hydrogen (secondary N) is 1. The largest absolute Gasteiger partial charge is 0.466 e. The van der Waals surface area contributed by atoms with Gasteiger partial charge in [0.15, 0.2) is 0 Å². The molecular weight excluding hydrogens is 180 g/mol. The lowest BCUT2D eigenvalue weighted by Gasteiger charge is -1.87. The Morgan fingerprint density at radius 1 is 1.75 bits per heavy atom. The molecule has 0 saturated carbocycles. The smallest absolute Gasteiger partial charge is 0.330 e. The van der Waals surface area contributed by atoms with Gasteiger partial charge in [0, 0.05) is 6.08 Å². The number of hydrogen-bond donors (Lipinski definition) is 1. The van der Waals surface area contributed by atoms with Gasteiger partial charge in [-0.05, 0) is 6.08 Å². The maximum absolute atomic E-state index is 10.6. The van der Waals surface area contributed by atoms with Gasteiger partial charge in [-0.3, -0.25) is 0 Å². The van der Waals surface area contributed by atoms with Gasteiger partial charge < -0.3 is 9.72 Å². The Morgan fingerprint density at radius 3 is 3.00 bits per heavy atom. The fourth-order valence-corrected chi connectivity index (χ4v) is 0.584. The summed E-state index contributed by atoms with van der Waals surface area (Å²) in [7, 11) is 1.33. The van der Waals surface area contributed by atoms with Gasteiger partial charge in [0.1, 0.15) is 0 Å². The van der Waals surface area contributed by atoms with Gasteiger partial charge in [0.2, 0.25) is 0 Å². The predicted octanol–water partition coefficient (Wildman–Crippen LogP) is 1.02. The second-order valence-electron chi connectivity index (χ2n) is 1.86. The molecule has 0 atom stereocenters. The van der Waals surface area contributed by atoms with Gasteiger partial charge in [0.05, 0.1) is 25.3 Å². The summed E-state index contributed by atoms with van der Waals surface area (Å²) in [4.78, 5) is 17.1. The van der Waals surface area contributed by atoms with Crippen LogP contribution in [0.1, 0.15) is 5.69 Å². The number of methoxy groups -OCH3 is 1. The van der Waals surface area contributed by atoms with Crippen LogP contribution in [-0.4, -0.2) is 23.0 Å². The Morgan fingerprint density at radius 2 is 2.50 bits per heavy atom. The third kappa shape index (κ3) is 3.21. The summed E-state index contributed by atoms with van der Waals surface area (Å²) in [5, 5.41) is 0. The van der Waals surface area contributed by atoms with Crippen LogP contribution in [0.3, 0.4) is 0 Å². The zero-order valence-corrected chi connectivity index (χ0v) is 7.30. The standard InChI is InChI=1S/C7H8N2O2.ClH/c1-11-7(10)3-2-6-4-8-5-9-6;/h2-5H,1H3,(H,8,9);1H. The molecular formula is C7H9ClN2O2. The van der Waals surface area contributed by atoms with Crippen molar-refractivity contribution in [1.82, 2.24) is 9.97 Å². The SMILES string of the molecule is COC(=O)C=Cc1cnc[nH]1.Cl. The van der Waals surface area contributed by atoms with E-state index in [2.05, 4.69) is 14.7 Å².